The first kappa shape index (κ1) is 15.2. The Bertz CT molecular complexity index is 371. The van der Waals surface area contributed by atoms with E-state index in [1.165, 1.54) is 0 Å². The van der Waals surface area contributed by atoms with Crippen molar-refractivity contribution in [2.24, 2.45) is 0 Å². The fourth-order valence-corrected chi connectivity index (χ4v) is 2.02. The first-order valence-corrected chi connectivity index (χ1v) is 6.52. The molecule has 0 aromatic rings. The number of hydrogen-bond donors (Lipinski definition) is 2. The molecule has 0 aromatic carbocycles. The van der Waals surface area contributed by atoms with Crippen LogP contribution in [0.2, 0.25) is 0 Å². The van der Waals surface area contributed by atoms with Crippen molar-refractivity contribution in [3.63, 3.8) is 0 Å². The number of aliphatic carboxylic acids is 1. The van der Waals surface area contributed by atoms with E-state index in [0.29, 0.717) is 32.4 Å². The normalized spacial score (nSPS) is 16.6. The van der Waals surface area contributed by atoms with Crippen molar-refractivity contribution >= 4 is 17.8 Å². The van der Waals surface area contributed by atoms with Crippen LogP contribution in [0.3, 0.4) is 0 Å². The van der Waals surface area contributed by atoms with E-state index in [1.54, 1.807) is 4.90 Å². The van der Waals surface area contributed by atoms with Gasteiger partial charge in [-0.15, -0.1) is 0 Å². The summed E-state index contributed by atoms with van der Waals surface area (Å²) in [5.74, 6) is -1.37. The summed E-state index contributed by atoms with van der Waals surface area (Å²) in [5.41, 5.74) is 0. The van der Waals surface area contributed by atoms with Crippen LogP contribution in [0.5, 0.6) is 0 Å². The Morgan fingerprint density at radius 1 is 1.26 bits per heavy atom. The van der Waals surface area contributed by atoms with Crippen molar-refractivity contribution < 1.29 is 19.5 Å². The number of amides is 2. The Morgan fingerprint density at radius 2 is 1.89 bits per heavy atom. The number of carbonyl (C=O) groups excluding carboxylic acids is 2. The van der Waals surface area contributed by atoms with Gasteiger partial charge in [-0.05, 0) is 19.3 Å². The molecule has 1 fully saturated rings. The van der Waals surface area contributed by atoms with Crippen LogP contribution in [-0.2, 0) is 14.4 Å². The van der Waals surface area contributed by atoms with Gasteiger partial charge >= 0.3 is 5.97 Å². The Hall–Kier alpha value is -1.85. The largest absolute Gasteiger partial charge is 0.478 e. The van der Waals surface area contributed by atoms with Gasteiger partial charge in [-0.1, -0.05) is 6.92 Å². The molecule has 0 radical (unpaired) electrons. The molecule has 6 heteroatoms. The van der Waals surface area contributed by atoms with Crippen LogP contribution in [0.1, 0.15) is 32.6 Å². The molecule has 1 heterocycles. The zero-order valence-electron chi connectivity index (χ0n) is 11.1. The number of piperidine rings is 1. The number of likely N-dealkylation sites (tertiary alicyclic amines) is 1. The molecule has 6 nitrogen and oxygen atoms in total. The highest BCUT2D eigenvalue weighted by molar-refractivity contribution is 5.93. The number of nitrogens with zero attached hydrogens (tertiary/aromatic N) is 1. The number of rotatable bonds is 5. The molecule has 1 saturated heterocycles. The molecular formula is C13H20N2O4. The lowest BCUT2D eigenvalue weighted by atomic mass is 10.0. The summed E-state index contributed by atoms with van der Waals surface area (Å²) in [6, 6.07) is 0.117. The van der Waals surface area contributed by atoms with Gasteiger partial charge < -0.3 is 15.3 Å². The molecular weight excluding hydrogens is 248 g/mol. The second-order valence-corrected chi connectivity index (χ2v) is 4.59. The summed E-state index contributed by atoms with van der Waals surface area (Å²) >= 11 is 0. The maximum atomic E-state index is 11.6. The fraction of sp³-hybridized carbons (Fsp3) is 0.615. The number of hydrogen-bond acceptors (Lipinski definition) is 3. The number of nitrogens with one attached hydrogen (secondary N) is 1. The summed E-state index contributed by atoms with van der Waals surface area (Å²) in [6.07, 6.45) is 4.68. The maximum absolute atomic E-state index is 11.6. The third kappa shape index (κ3) is 5.54. The standard InChI is InChI=1S/C13H20N2O4/c1-2-3-11(16)14-10-6-8-15(9-7-10)12(17)4-5-13(18)19/h4-5,10H,2-3,6-9H2,1H3,(H,14,16)(H,18,19)/b5-4+. The average Bonchev–Trinajstić information content (AvgIpc) is 2.37. The summed E-state index contributed by atoms with van der Waals surface area (Å²) < 4.78 is 0. The van der Waals surface area contributed by atoms with Crippen LogP contribution in [0.25, 0.3) is 0 Å². The van der Waals surface area contributed by atoms with E-state index in [0.717, 1.165) is 18.6 Å². The van der Waals surface area contributed by atoms with Crippen LogP contribution in [0, 0.1) is 0 Å². The van der Waals surface area contributed by atoms with Crippen LogP contribution < -0.4 is 5.32 Å². The molecule has 0 aliphatic carbocycles. The number of carboxylic acids is 1. The quantitative estimate of drug-likeness (QED) is 0.712. The molecule has 1 rings (SSSR count). The lowest BCUT2D eigenvalue weighted by molar-refractivity contribution is -0.132. The van der Waals surface area contributed by atoms with Crippen molar-refractivity contribution in [1.29, 1.82) is 0 Å². The SMILES string of the molecule is CCCC(=O)NC1CCN(C(=O)/C=C/C(=O)O)CC1. The second-order valence-electron chi connectivity index (χ2n) is 4.59. The van der Waals surface area contributed by atoms with Crippen molar-refractivity contribution in [2.75, 3.05) is 13.1 Å². The Kier molecular flexibility index (Phi) is 6.05. The van der Waals surface area contributed by atoms with E-state index in [9.17, 15) is 14.4 Å². The number of carboxylic acid groups (broad SMARTS) is 1. The van der Waals surface area contributed by atoms with Gasteiger partial charge in [0.1, 0.15) is 0 Å². The van der Waals surface area contributed by atoms with Gasteiger partial charge in [-0.2, -0.15) is 0 Å². The summed E-state index contributed by atoms with van der Waals surface area (Å²) in [5, 5.41) is 11.4. The van der Waals surface area contributed by atoms with Crippen LogP contribution in [0.15, 0.2) is 12.2 Å². The topological polar surface area (TPSA) is 86.7 Å². The minimum absolute atomic E-state index is 0.0537. The highest BCUT2D eigenvalue weighted by atomic mass is 16.4. The molecule has 0 unspecified atom stereocenters. The van der Waals surface area contributed by atoms with E-state index in [1.807, 2.05) is 6.92 Å². The van der Waals surface area contributed by atoms with Gasteiger partial charge in [-0.3, -0.25) is 9.59 Å². The van der Waals surface area contributed by atoms with Crippen LogP contribution in [-0.4, -0.2) is 46.9 Å². The van der Waals surface area contributed by atoms with E-state index < -0.39 is 5.97 Å². The van der Waals surface area contributed by atoms with Gasteiger partial charge in [0.15, 0.2) is 0 Å². The van der Waals surface area contributed by atoms with Gasteiger partial charge in [0.2, 0.25) is 11.8 Å². The highest BCUT2D eigenvalue weighted by Gasteiger charge is 2.22. The Morgan fingerprint density at radius 3 is 2.42 bits per heavy atom. The van der Waals surface area contributed by atoms with Crippen LogP contribution >= 0.6 is 0 Å². The molecule has 1 aliphatic rings. The first-order valence-electron chi connectivity index (χ1n) is 6.52. The number of carbonyl (C=O) groups is 3. The van der Waals surface area contributed by atoms with Gasteiger partial charge in [0, 0.05) is 37.7 Å². The molecule has 106 valence electrons. The van der Waals surface area contributed by atoms with Crippen molar-refractivity contribution in [2.45, 2.75) is 38.6 Å². The molecule has 0 spiro atoms. The fourth-order valence-electron chi connectivity index (χ4n) is 2.02. The maximum Gasteiger partial charge on any atom is 0.328 e. The van der Waals surface area contributed by atoms with Crippen LogP contribution in [0.4, 0.5) is 0 Å². The average molecular weight is 268 g/mol. The van der Waals surface area contributed by atoms with E-state index in [2.05, 4.69) is 5.32 Å². The Labute approximate surface area is 112 Å². The molecule has 19 heavy (non-hydrogen) atoms. The molecule has 0 atom stereocenters. The van der Waals surface area contributed by atoms with Crippen molar-refractivity contribution in [3.8, 4) is 0 Å². The monoisotopic (exact) mass is 268 g/mol. The summed E-state index contributed by atoms with van der Waals surface area (Å²) in [4.78, 5) is 35.0. The van der Waals surface area contributed by atoms with Gasteiger partial charge in [0.25, 0.3) is 0 Å². The third-order valence-electron chi connectivity index (χ3n) is 3.02. The van der Waals surface area contributed by atoms with Crippen molar-refractivity contribution in [3.05, 3.63) is 12.2 Å². The molecule has 0 saturated carbocycles. The molecule has 0 bridgehead atoms. The van der Waals surface area contributed by atoms with Gasteiger partial charge in [0.05, 0.1) is 0 Å². The second kappa shape index (κ2) is 7.56. The zero-order valence-corrected chi connectivity index (χ0v) is 11.1. The molecule has 1 aliphatic heterocycles. The molecule has 2 amide bonds. The minimum atomic E-state index is -1.13. The molecule has 2 N–H and O–H groups in total. The van der Waals surface area contributed by atoms with Gasteiger partial charge in [-0.25, -0.2) is 4.79 Å². The predicted molar refractivity (Wildman–Crippen MR) is 69.4 cm³/mol. The molecule has 0 aromatic heterocycles. The third-order valence-corrected chi connectivity index (χ3v) is 3.02. The lowest BCUT2D eigenvalue weighted by Crippen LogP contribution is -2.46. The first-order chi connectivity index (χ1) is 9.02. The summed E-state index contributed by atoms with van der Waals surface area (Å²) in [7, 11) is 0. The summed E-state index contributed by atoms with van der Waals surface area (Å²) in [6.45, 7) is 3.04. The minimum Gasteiger partial charge on any atom is -0.478 e. The smallest absolute Gasteiger partial charge is 0.328 e. The Balaban J connectivity index is 2.34. The lowest BCUT2D eigenvalue weighted by Gasteiger charge is -2.31. The van der Waals surface area contributed by atoms with E-state index in [-0.39, 0.29) is 17.9 Å². The predicted octanol–water partition coefficient (Wildman–Crippen LogP) is 0.535. The van der Waals surface area contributed by atoms with E-state index in [4.69, 9.17) is 5.11 Å². The highest BCUT2D eigenvalue weighted by Crippen LogP contribution is 2.11. The zero-order chi connectivity index (χ0) is 14.3. The van der Waals surface area contributed by atoms with Crippen molar-refractivity contribution in [1.82, 2.24) is 10.2 Å². The van der Waals surface area contributed by atoms with E-state index >= 15 is 0 Å².